The highest BCUT2D eigenvalue weighted by Crippen LogP contribution is 2.35. The molecule has 1 amide bonds. The van der Waals surface area contributed by atoms with Crippen LogP contribution in [0.5, 0.6) is 0 Å². The van der Waals surface area contributed by atoms with Gasteiger partial charge in [-0.25, -0.2) is 4.79 Å². The molecular weight excluding hydrogens is 333 g/mol. The second kappa shape index (κ2) is 6.05. The molecule has 0 saturated carbocycles. The number of benzene rings is 1. The molecule has 1 aromatic rings. The zero-order chi connectivity index (χ0) is 13.0. The van der Waals surface area contributed by atoms with Gasteiger partial charge in [-0.2, -0.15) is 0 Å². The first-order valence-electron chi connectivity index (χ1n) is 4.27. The zero-order valence-electron chi connectivity index (χ0n) is 8.21. The maximum absolute atomic E-state index is 11.3. The fourth-order valence-electron chi connectivity index (χ4n) is 0.944. The number of aliphatic carboxylic acids is 1. The average Bonchev–Trinajstić information content (AvgIpc) is 2.27. The number of halogens is 3. The van der Waals surface area contributed by atoms with Crippen LogP contribution in [0.1, 0.15) is 0 Å². The molecule has 17 heavy (non-hydrogen) atoms. The molecule has 4 nitrogen and oxygen atoms in total. The van der Waals surface area contributed by atoms with E-state index >= 15 is 0 Å². The van der Waals surface area contributed by atoms with Crippen molar-refractivity contribution in [2.45, 2.75) is 0 Å². The van der Waals surface area contributed by atoms with Crippen LogP contribution in [-0.4, -0.2) is 17.0 Å². The highest BCUT2D eigenvalue weighted by atomic mass is 79.9. The van der Waals surface area contributed by atoms with Gasteiger partial charge >= 0.3 is 5.97 Å². The van der Waals surface area contributed by atoms with Crippen LogP contribution in [-0.2, 0) is 9.59 Å². The fraction of sp³-hybridized carbons (Fsp3) is 0. The van der Waals surface area contributed by atoms with Crippen molar-refractivity contribution in [1.29, 1.82) is 0 Å². The Kier molecular flexibility index (Phi) is 4.99. The molecule has 1 rings (SSSR count). The number of anilines is 1. The van der Waals surface area contributed by atoms with E-state index in [2.05, 4.69) is 21.2 Å². The third-order valence-electron chi connectivity index (χ3n) is 1.67. The van der Waals surface area contributed by atoms with Gasteiger partial charge in [0, 0.05) is 16.6 Å². The fourth-order valence-corrected chi connectivity index (χ4v) is 1.77. The third kappa shape index (κ3) is 4.03. The number of carboxylic acids is 1. The second-order valence-electron chi connectivity index (χ2n) is 2.88. The highest BCUT2D eigenvalue weighted by molar-refractivity contribution is 9.10. The van der Waals surface area contributed by atoms with Crippen LogP contribution in [0.3, 0.4) is 0 Å². The largest absolute Gasteiger partial charge is 0.478 e. The van der Waals surface area contributed by atoms with Crippen LogP contribution in [0, 0.1) is 0 Å². The number of hydrogen-bond donors (Lipinski definition) is 2. The van der Waals surface area contributed by atoms with Gasteiger partial charge in [-0.15, -0.1) is 0 Å². The van der Waals surface area contributed by atoms with Crippen molar-refractivity contribution in [2.24, 2.45) is 0 Å². The quantitative estimate of drug-likeness (QED) is 0.656. The molecule has 0 aliphatic heterocycles. The molecule has 0 aliphatic carbocycles. The summed E-state index contributed by atoms with van der Waals surface area (Å²) < 4.78 is 0.600. The summed E-state index contributed by atoms with van der Waals surface area (Å²) in [5.74, 6) is -1.81. The van der Waals surface area contributed by atoms with Gasteiger partial charge in [0.25, 0.3) is 0 Å². The topological polar surface area (TPSA) is 66.4 Å². The minimum atomic E-state index is -1.21. The van der Waals surface area contributed by atoms with Crippen molar-refractivity contribution < 1.29 is 14.7 Å². The molecule has 7 heteroatoms. The number of amides is 1. The van der Waals surface area contributed by atoms with Crippen LogP contribution < -0.4 is 5.32 Å². The summed E-state index contributed by atoms with van der Waals surface area (Å²) in [5.41, 5.74) is 0.305. The summed E-state index contributed by atoms with van der Waals surface area (Å²) in [5, 5.41) is 11.2. The Bertz CT molecular complexity index is 503. The number of carbonyl (C=O) groups is 2. The van der Waals surface area contributed by atoms with E-state index in [0.29, 0.717) is 10.2 Å². The summed E-state index contributed by atoms with van der Waals surface area (Å²) in [6, 6.07) is 3.16. The van der Waals surface area contributed by atoms with Crippen molar-refractivity contribution in [3.63, 3.8) is 0 Å². The van der Waals surface area contributed by atoms with E-state index in [9.17, 15) is 9.59 Å². The van der Waals surface area contributed by atoms with Crippen molar-refractivity contribution in [3.8, 4) is 0 Å². The maximum Gasteiger partial charge on any atom is 0.328 e. The minimum Gasteiger partial charge on any atom is -0.478 e. The Balaban J connectivity index is 2.86. The first-order chi connectivity index (χ1) is 7.91. The summed E-state index contributed by atoms with van der Waals surface area (Å²) in [6.07, 6.45) is 1.61. The predicted molar refractivity (Wildman–Crippen MR) is 69.6 cm³/mol. The smallest absolute Gasteiger partial charge is 0.328 e. The van der Waals surface area contributed by atoms with Gasteiger partial charge in [-0.3, -0.25) is 4.79 Å². The molecule has 0 spiro atoms. The Morgan fingerprint density at radius 3 is 2.47 bits per heavy atom. The Morgan fingerprint density at radius 1 is 1.24 bits per heavy atom. The van der Waals surface area contributed by atoms with E-state index in [0.717, 1.165) is 12.2 Å². The molecule has 0 radical (unpaired) electrons. The van der Waals surface area contributed by atoms with Gasteiger partial charge in [0.15, 0.2) is 0 Å². The molecule has 0 saturated heterocycles. The third-order valence-corrected chi connectivity index (χ3v) is 3.44. The standard InChI is InChI=1S/C10H6BrCl2NO3/c11-5-1-2-6(10(13)9(5)12)14-7(15)3-4-8(16)17/h1-4H,(H,14,15)(H,16,17)/b4-3+. The Morgan fingerprint density at radius 2 is 1.88 bits per heavy atom. The number of carbonyl (C=O) groups excluding carboxylic acids is 1. The van der Waals surface area contributed by atoms with E-state index in [-0.39, 0.29) is 10.0 Å². The first kappa shape index (κ1) is 14.0. The highest BCUT2D eigenvalue weighted by Gasteiger charge is 2.09. The van der Waals surface area contributed by atoms with Gasteiger partial charge < -0.3 is 10.4 Å². The van der Waals surface area contributed by atoms with Gasteiger partial charge in [0.2, 0.25) is 5.91 Å². The molecule has 0 fully saturated rings. The van der Waals surface area contributed by atoms with Crippen LogP contribution in [0.2, 0.25) is 10.0 Å². The van der Waals surface area contributed by atoms with Crippen molar-refractivity contribution in [2.75, 3.05) is 5.32 Å². The molecule has 1 aromatic carbocycles. The van der Waals surface area contributed by atoms with Crippen molar-refractivity contribution >= 4 is 56.7 Å². The van der Waals surface area contributed by atoms with Crippen molar-refractivity contribution in [1.82, 2.24) is 0 Å². The number of nitrogens with one attached hydrogen (secondary N) is 1. The number of hydrogen-bond acceptors (Lipinski definition) is 2. The summed E-state index contributed by atoms with van der Waals surface area (Å²) in [4.78, 5) is 21.5. The van der Waals surface area contributed by atoms with Gasteiger partial charge in [0.05, 0.1) is 15.7 Å². The van der Waals surface area contributed by atoms with Crippen LogP contribution >= 0.6 is 39.1 Å². The molecule has 0 aromatic heterocycles. The predicted octanol–water partition coefficient (Wildman–Crippen LogP) is 3.34. The lowest BCUT2D eigenvalue weighted by atomic mass is 10.3. The zero-order valence-corrected chi connectivity index (χ0v) is 11.3. The lowest BCUT2D eigenvalue weighted by molar-refractivity contribution is -0.131. The molecule has 2 N–H and O–H groups in total. The molecule has 0 atom stereocenters. The SMILES string of the molecule is O=C(O)/C=C/C(=O)Nc1ccc(Br)c(Cl)c1Cl. The van der Waals surface area contributed by atoms with Gasteiger partial charge in [0.1, 0.15) is 0 Å². The average molecular weight is 339 g/mol. The normalized spacial score (nSPS) is 10.5. The maximum atomic E-state index is 11.3. The molecule has 0 heterocycles. The number of carboxylic acid groups (broad SMARTS) is 1. The van der Waals surface area contributed by atoms with E-state index in [4.69, 9.17) is 28.3 Å². The van der Waals surface area contributed by atoms with E-state index in [1.54, 1.807) is 12.1 Å². The molecule has 0 aliphatic rings. The van der Waals surface area contributed by atoms with Crippen LogP contribution in [0.15, 0.2) is 28.8 Å². The summed E-state index contributed by atoms with van der Waals surface area (Å²) in [6.45, 7) is 0. The van der Waals surface area contributed by atoms with Crippen LogP contribution in [0.4, 0.5) is 5.69 Å². The van der Waals surface area contributed by atoms with Crippen LogP contribution in [0.25, 0.3) is 0 Å². The Hall–Kier alpha value is -1.04. The Labute approximate surface area is 115 Å². The molecular formula is C10H6BrCl2NO3. The van der Waals surface area contributed by atoms with E-state index in [1.807, 2.05) is 0 Å². The lowest BCUT2D eigenvalue weighted by Crippen LogP contribution is -2.09. The van der Waals surface area contributed by atoms with E-state index in [1.165, 1.54) is 0 Å². The summed E-state index contributed by atoms with van der Waals surface area (Å²) in [7, 11) is 0. The van der Waals surface area contributed by atoms with Gasteiger partial charge in [-0.05, 0) is 28.1 Å². The van der Waals surface area contributed by atoms with Gasteiger partial charge in [-0.1, -0.05) is 23.2 Å². The van der Waals surface area contributed by atoms with E-state index < -0.39 is 11.9 Å². The minimum absolute atomic E-state index is 0.179. The van der Waals surface area contributed by atoms with Crippen molar-refractivity contribution in [3.05, 3.63) is 38.8 Å². The lowest BCUT2D eigenvalue weighted by Gasteiger charge is -2.07. The second-order valence-corrected chi connectivity index (χ2v) is 4.49. The number of rotatable bonds is 3. The first-order valence-corrected chi connectivity index (χ1v) is 5.82. The molecule has 90 valence electrons. The monoisotopic (exact) mass is 337 g/mol. The molecule has 0 unspecified atom stereocenters. The summed E-state index contributed by atoms with van der Waals surface area (Å²) >= 11 is 14.9. The molecule has 0 bridgehead atoms.